The second-order valence-corrected chi connectivity index (χ2v) is 13.8. The molecule has 2 heterocycles. The predicted octanol–water partition coefficient (Wildman–Crippen LogP) is 9.03. The van der Waals surface area contributed by atoms with Crippen molar-refractivity contribution in [1.82, 2.24) is 0 Å². The van der Waals surface area contributed by atoms with E-state index in [1.165, 1.54) is 55.6 Å². The van der Waals surface area contributed by atoms with Crippen molar-refractivity contribution in [3.63, 3.8) is 0 Å². The maximum Gasteiger partial charge on any atom is 0.0190 e. The maximum atomic E-state index is 2.54. The van der Waals surface area contributed by atoms with Crippen LogP contribution in [-0.2, 0) is 40.3 Å². The summed E-state index contributed by atoms with van der Waals surface area (Å²) in [5, 5.41) is 0. The lowest BCUT2D eigenvalue weighted by molar-refractivity contribution is 0.584. The number of benzene rings is 3. The van der Waals surface area contributed by atoms with E-state index in [1.807, 2.05) is 23.5 Å². The van der Waals surface area contributed by atoms with Gasteiger partial charge in [-0.2, -0.15) is 23.5 Å². The first-order valence-corrected chi connectivity index (χ1v) is 14.5. The number of hydrogen-bond acceptors (Lipinski definition) is 2. The molecule has 0 unspecified atom stereocenters. The average molecular weight is 473 g/mol. The SMILES string of the molecule is CC(C)(C)c1cc2c3cc1CSCc1ccc(cc1)CSCc1cc(c-2cc1C(C)(C)C)C3. The zero-order valence-corrected chi connectivity index (χ0v) is 22.6. The van der Waals surface area contributed by atoms with E-state index in [2.05, 4.69) is 90.1 Å². The number of fused-ring (bicyclic) bond motifs is 7. The lowest BCUT2D eigenvalue weighted by Crippen LogP contribution is -2.15. The van der Waals surface area contributed by atoms with Gasteiger partial charge in [0.1, 0.15) is 0 Å². The summed E-state index contributed by atoms with van der Waals surface area (Å²) in [5.74, 6) is 4.30. The van der Waals surface area contributed by atoms with Crippen LogP contribution in [0.5, 0.6) is 0 Å². The molecule has 33 heavy (non-hydrogen) atoms. The van der Waals surface area contributed by atoms with Gasteiger partial charge in [0, 0.05) is 23.0 Å². The summed E-state index contributed by atoms with van der Waals surface area (Å²) in [7, 11) is 0. The molecule has 6 bridgehead atoms. The van der Waals surface area contributed by atoms with Crippen LogP contribution in [0.3, 0.4) is 0 Å². The van der Waals surface area contributed by atoms with Gasteiger partial charge in [-0.25, -0.2) is 0 Å². The fourth-order valence-corrected chi connectivity index (χ4v) is 7.29. The molecule has 0 N–H and O–H groups in total. The Morgan fingerprint density at radius 3 is 1.27 bits per heavy atom. The van der Waals surface area contributed by atoms with Gasteiger partial charge in [0.2, 0.25) is 0 Å². The predicted molar refractivity (Wildman–Crippen MR) is 149 cm³/mol. The van der Waals surface area contributed by atoms with Crippen LogP contribution >= 0.6 is 23.5 Å². The van der Waals surface area contributed by atoms with E-state index in [0.29, 0.717) is 0 Å². The van der Waals surface area contributed by atoms with E-state index in [-0.39, 0.29) is 10.8 Å². The van der Waals surface area contributed by atoms with Gasteiger partial charge in [-0.3, -0.25) is 0 Å². The third-order valence-electron chi connectivity index (χ3n) is 7.02. The summed E-state index contributed by atoms with van der Waals surface area (Å²) in [6.45, 7) is 14.2. The van der Waals surface area contributed by atoms with Crippen molar-refractivity contribution in [2.45, 2.75) is 81.8 Å². The van der Waals surface area contributed by atoms with Crippen LogP contribution in [0, 0.1) is 0 Å². The third kappa shape index (κ3) is 4.66. The highest BCUT2D eigenvalue weighted by molar-refractivity contribution is 7.98. The monoisotopic (exact) mass is 472 g/mol. The van der Waals surface area contributed by atoms with Crippen LogP contribution in [0.1, 0.15) is 86.1 Å². The quantitative estimate of drug-likeness (QED) is 0.250. The van der Waals surface area contributed by atoms with E-state index >= 15 is 0 Å². The second-order valence-electron chi connectivity index (χ2n) is 11.8. The average Bonchev–Trinajstić information content (AvgIpc) is 3.08. The highest BCUT2D eigenvalue weighted by Gasteiger charge is 2.28. The Bertz CT molecular complexity index is 1090. The molecular weight excluding hydrogens is 436 g/mol. The standard InChI is InChI=1S/C31H36S2/c1-30(2,3)28-14-26-22-11-23-13-25(29(15-27(23)26)31(4,5)6)19-33-17-21-9-7-20(8-10-21)16-32-18-24(28)12-22/h7-10,12-15H,11,16-19H2,1-6H3. The molecule has 0 saturated carbocycles. The molecule has 3 aliphatic rings. The Labute approximate surface area is 209 Å². The Kier molecular flexibility index (Phi) is 5.98. The molecule has 0 nitrogen and oxygen atoms in total. The van der Waals surface area contributed by atoms with Crippen molar-refractivity contribution in [3.8, 4) is 11.1 Å². The molecular formula is C31H36S2. The first kappa shape index (κ1) is 23.1. The van der Waals surface area contributed by atoms with Gasteiger partial charge in [0.15, 0.2) is 0 Å². The van der Waals surface area contributed by atoms with Crippen molar-refractivity contribution in [3.05, 3.63) is 93.0 Å². The zero-order valence-electron chi connectivity index (χ0n) is 21.0. The highest BCUT2D eigenvalue weighted by Crippen LogP contribution is 2.45. The van der Waals surface area contributed by atoms with E-state index in [4.69, 9.17) is 0 Å². The second kappa shape index (κ2) is 8.54. The molecule has 0 radical (unpaired) electrons. The lowest BCUT2D eigenvalue weighted by Gasteiger charge is -2.26. The summed E-state index contributed by atoms with van der Waals surface area (Å²) >= 11 is 4.10. The Balaban J connectivity index is 1.68. The molecule has 1 aliphatic carbocycles. The molecule has 0 amide bonds. The Hall–Kier alpha value is -1.64. The molecule has 2 heteroatoms. The summed E-state index contributed by atoms with van der Waals surface area (Å²) < 4.78 is 0. The minimum Gasteiger partial charge on any atom is -0.152 e. The smallest absolute Gasteiger partial charge is 0.0190 e. The molecule has 2 aliphatic heterocycles. The Morgan fingerprint density at radius 2 is 0.909 bits per heavy atom. The van der Waals surface area contributed by atoms with Gasteiger partial charge in [-0.05, 0) is 72.9 Å². The summed E-state index contributed by atoms with van der Waals surface area (Å²) in [6.07, 6.45) is 1.08. The minimum atomic E-state index is 0.138. The fraction of sp³-hybridized carbons (Fsp3) is 0.419. The van der Waals surface area contributed by atoms with Crippen molar-refractivity contribution in [2.75, 3.05) is 0 Å². The normalized spacial score (nSPS) is 15.9. The first-order valence-electron chi connectivity index (χ1n) is 12.2. The summed E-state index contributed by atoms with van der Waals surface area (Å²) in [6, 6.07) is 19.5. The molecule has 0 aromatic heterocycles. The topological polar surface area (TPSA) is 0 Å². The van der Waals surface area contributed by atoms with Crippen molar-refractivity contribution in [2.24, 2.45) is 0 Å². The van der Waals surface area contributed by atoms with Gasteiger partial charge >= 0.3 is 0 Å². The van der Waals surface area contributed by atoms with Crippen molar-refractivity contribution in [1.29, 1.82) is 0 Å². The van der Waals surface area contributed by atoms with Crippen LogP contribution in [0.25, 0.3) is 11.1 Å². The van der Waals surface area contributed by atoms with Crippen LogP contribution in [-0.4, -0.2) is 0 Å². The van der Waals surface area contributed by atoms with Crippen LogP contribution in [0.2, 0.25) is 0 Å². The molecule has 0 saturated heterocycles. The first-order chi connectivity index (χ1) is 15.6. The highest BCUT2D eigenvalue weighted by atomic mass is 32.2. The molecule has 6 rings (SSSR count). The van der Waals surface area contributed by atoms with Gasteiger partial charge in [-0.1, -0.05) is 90.1 Å². The largest absolute Gasteiger partial charge is 0.152 e. The van der Waals surface area contributed by atoms with E-state index < -0.39 is 0 Å². The van der Waals surface area contributed by atoms with Gasteiger partial charge in [0.05, 0.1) is 0 Å². The lowest BCUT2D eigenvalue weighted by atomic mass is 9.80. The van der Waals surface area contributed by atoms with Crippen LogP contribution in [0.15, 0.2) is 48.5 Å². The summed E-state index contributed by atoms with van der Waals surface area (Å²) in [4.78, 5) is 0. The molecule has 0 fully saturated rings. The fourth-order valence-electron chi connectivity index (χ4n) is 5.31. The van der Waals surface area contributed by atoms with Crippen molar-refractivity contribution < 1.29 is 0 Å². The van der Waals surface area contributed by atoms with Gasteiger partial charge in [0.25, 0.3) is 0 Å². The molecule has 172 valence electrons. The minimum absolute atomic E-state index is 0.138. The number of thioether (sulfide) groups is 2. The third-order valence-corrected chi connectivity index (χ3v) is 9.13. The van der Waals surface area contributed by atoms with Crippen LogP contribution in [0.4, 0.5) is 0 Å². The van der Waals surface area contributed by atoms with E-state index in [0.717, 1.165) is 29.4 Å². The molecule has 0 atom stereocenters. The maximum absolute atomic E-state index is 2.54. The summed E-state index contributed by atoms with van der Waals surface area (Å²) in [5.41, 5.74) is 15.2. The van der Waals surface area contributed by atoms with Gasteiger partial charge in [-0.15, -0.1) is 0 Å². The van der Waals surface area contributed by atoms with E-state index in [1.54, 1.807) is 0 Å². The molecule has 3 aromatic rings. The van der Waals surface area contributed by atoms with Crippen LogP contribution < -0.4 is 0 Å². The molecule has 3 aromatic carbocycles. The molecule has 0 spiro atoms. The van der Waals surface area contributed by atoms with Gasteiger partial charge < -0.3 is 0 Å². The number of rotatable bonds is 0. The van der Waals surface area contributed by atoms with E-state index in [9.17, 15) is 0 Å². The number of hydrogen-bond donors (Lipinski definition) is 0. The zero-order chi connectivity index (χ0) is 23.4. The van der Waals surface area contributed by atoms with Crippen molar-refractivity contribution >= 4 is 23.5 Å². The Morgan fingerprint density at radius 1 is 0.515 bits per heavy atom.